The summed E-state index contributed by atoms with van der Waals surface area (Å²) in [6.45, 7) is 0. The van der Waals surface area contributed by atoms with E-state index in [1.165, 1.54) is 7.11 Å². The molecule has 0 radical (unpaired) electrons. The van der Waals surface area contributed by atoms with Gasteiger partial charge < -0.3 is 14.6 Å². The van der Waals surface area contributed by atoms with E-state index >= 15 is 0 Å². The Bertz CT molecular complexity index is 947. The number of halogens is 1. The van der Waals surface area contributed by atoms with E-state index in [9.17, 15) is 9.59 Å². The van der Waals surface area contributed by atoms with Crippen molar-refractivity contribution in [3.8, 4) is 0 Å². The molecule has 6 heteroatoms. The number of anilines is 1. The Morgan fingerprint density at radius 3 is 2.58 bits per heavy atom. The summed E-state index contributed by atoms with van der Waals surface area (Å²) in [6, 6.07) is 13.8. The maximum atomic E-state index is 12.6. The van der Waals surface area contributed by atoms with E-state index in [1.54, 1.807) is 48.0 Å². The quantitative estimate of drug-likeness (QED) is 0.735. The molecule has 1 N–H and O–H groups in total. The molecule has 0 fully saturated rings. The summed E-state index contributed by atoms with van der Waals surface area (Å²) in [6.07, 6.45) is 0. The number of aryl methyl sites for hydroxylation is 1. The highest BCUT2D eigenvalue weighted by atomic mass is 35.5. The van der Waals surface area contributed by atoms with Crippen LogP contribution < -0.4 is 5.32 Å². The molecule has 0 spiro atoms. The van der Waals surface area contributed by atoms with Gasteiger partial charge in [-0.05, 0) is 36.4 Å². The van der Waals surface area contributed by atoms with E-state index in [0.29, 0.717) is 22.0 Å². The van der Waals surface area contributed by atoms with Gasteiger partial charge in [0, 0.05) is 28.7 Å². The SMILES string of the molecule is COC(=O)c1cccc(NC(=O)c2cc3c(Cl)cccc3n2C)c1. The van der Waals surface area contributed by atoms with Crippen LogP contribution in [-0.2, 0) is 11.8 Å². The molecular weight excluding hydrogens is 328 g/mol. The van der Waals surface area contributed by atoms with Crippen LogP contribution in [0.5, 0.6) is 0 Å². The fourth-order valence-corrected chi connectivity index (χ4v) is 2.80. The smallest absolute Gasteiger partial charge is 0.337 e. The Labute approximate surface area is 143 Å². The second-order valence-electron chi connectivity index (χ2n) is 5.29. The maximum Gasteiger partial charge on any atom is 0.337 e. The summed E-state index contributed by atoms with van der Waals surface area (Å²) in [5.74, 6) is -0.741. The van der Waals surface area contributed by atoms with Crippen LogP contribution in [0, 0.1) is 0 Å². The molecule has 0 aliphatic rings. The van der Waals surface area contributed by atoms with E-state index in [2.05, 4.69) is 10.1 Å². The zero-order valence-electron chi connectivity index (χ0n) is 13.2. The van der Waals surface area contributed by atoms with Gasteiger partial charge in [-0.15, -0.1) is 0 Å². The highest BCUT2D eigenvalue weighted by Crippen LogP contribution is 2.26. The van der Waals surface area contributed by atoms with Crippen molar-refractivity contribution in [2.75, 3.05) is 12.4 Å². The van der Waals surface area contributed by atoms with Crippen LogP contribution in [-0.4, -0.2) is 23.6 Å². The number of carbonyl (C=O) groups excluding carboxylic acids is 2. The maximum absolute atomic E-state index is 12.6. The largest absolute Gasteiger partial charge is 0.465 e. The molecule has 0 aliphatic carbocycles. The van der Waals surface area contributed by atoms with Gasteiger partial charge >= 0.3 is 5.97 Å². The fraction of sp³-hybridized carbons (Fsp3) is 0.111. The number of nitrogens with one attached hydrogen (secondary N) is 1. The molecule has 0 atom stereocenters. The van der Waals surface area contributed by atoms with E-state index in [4.69, 9.17) is 11.6 Å². The second kappa shape index (κ2) is 6.37. The van der Waals surface area contributed by atoms with Gasteiger partial charge in [0.2, 0.25) is 0 Å². The van der Waals surface area contributed by atoms with Crippen molar-refractivity contribution in [2.24, 2.45) is 7.05 Å². The van der Waals surface area contributed by atoms with Crippen LogP contribution in [0.2, 0.25) is 5.02 Å². The Morgan fingerprint density at radius 1 is 1.12 bits per heavy atom. The number of nitrogens with zero attached hydrogens (tertiary/aromatic N) is 1. The van der Waals surface area contributed by atoms with E-state index in [-0.39, 0.29) is 5.91 Å². The average Bonchev–Trinajstić information content (AvgIpc) is 2.93. The fourth-order valence-electron chi connectivity index (χ4n) is 2.58. The molecule has 1 heterocycles. The standard InChI is InChI=1S/C18H15ClN2O3/c1-21-15-8-4-7-14(19)13(15)10-16(21)17(22)20-12-6-3-5-11(9-12)18(23)24-2/h3-10H,1-2H3,(H,20,22). The molecule has 0 saturated heterocycles. The first-order valence-corrected chi connectivity index (χ1v) is 7.62. The predicted molar refractivity (Wildman–Crippen MR) is 93.7 cm³/mol. The van der Waals surface area contributed by atoms with Crippen molar-refractivity contribution < 1.29 is 14.3 Å². The number of esters is 1. The number of hydrogen-bond donors (Lipinski definition) is 1. The van der Waals surface area contributed by atoms with Crippen LogP contribution in [0.3, 0.4) is 0 Å². The second-order valence-corrected chi connectivity index (χ2v) is 5.69. The van der Waals surface area contributed by atoms with E-state index < -0.39 is 5.97 Å². The Hall–Kier alpha value is -2.79. The molecule has 3 rings (SSSR count). The topological polar surface area (TPSA) is 60.3 Å². The molecule has 24 heavy (non-hydrogen) atoms. The minimum atomic E-state index is -0.456. The average molecular weight is 343 g/mol. The predicted octanol–water partition coefficient (Wildman–Crippen LogP) is 3.87. The lowest BCUT2D eigenvalue weighted by molar-refractivity contribution is 0.0600. The monoisotopic (exact) mass is 342 g/mol. The minimum Gasteiger partial charge on any atom is -0.465 e. The first-order chi connectivity index (χ1) is 11.5. The number of benzene rings is 2. The number of fused-ring (bicyclic) bond motifs is 1. The Morgan fingerprint density at radius 2 is 1.88 bits per heavy atom. The van der Waals surface area contributed by atoms with Crippen LogP contribution in [0.1, 0.15) is 20.8 Å². The molecule has 5 nitrogen and oxygen atoms in total. The van der Waals surface area contributed by atoms with E-state index in [1.807, 2.05) is 12.1 Å². The summed E-state index contributed by atoms with van der Waals surface area (Å²) >= 11 is 6.18. The number of hydrogen-bond acceptors (Lipinski definition) is 3. The minimum absolute atomic E-state index is 0.285. The first-order valence-electron chi connectivity index (χ1n) is 7.25. The highest BCUT2D eigenvalue weighted by Gasteiger charge is 2.15. The van der Waals surface area contributed by atoms with E-state index in [0.717, 1.165) is 10.9 Å². The lowest BCUT2D eigenvalue weighted by Gasteiger charge is -2.08. The molecule has 1 aromatic heterocycles. The zero-order chi connectivity index (χ0) is 17.3. The number of amides is 1. The van der Waals surface area contributed by atoms with Crippen molar-refractivity contribution in [1.82, 2.24) is 4.57 Å². The molecule has 3 aromatic rings. The van der Waals surface area contributed by atoms with Crippen LogP contribution >= 0.6 is 11.6 Å². The summed E-state index contributed by atoms with van der Waals surface area (Å²) in [7, 11) is 3.12. The van der Waals surface area contributed by atoms with Gasteiger partial charge in [0.1, 0.15) is 5.69 Å². The normalized spacial score (nSPS) is 10.6. The molecule has 0 unspecified atom stereocenters. The van der Waals surface area contributed by atoms with Crippen molar-refractivity contribution >= 4 is 40.1 Å². The van der Waals surface area contributed by atoms with Crippen LogP contribution in [0.4, 0.5) is 5.69 Å². The Balaban J connectivity index is 1.92. The molecule has 2 aromatic carbocycles. The highest BCUT2D eigenvalue weighted by molar-refractivity contribution is 6.35. The summed E-state index contributed by atoms with van der Waals surface area (Å²) in [4.78, 5) is 24.2. The summed E-state index contributed by atoms with van der Waals surface area (Å²) < 4.78 is 6.46. The first kappa shape index (κ1) is 16.1. The van der Waals surface area contributed by atoms with Gasteiger partial charge in [0.05, 0.1) is 12.7 Å². The number of rotatable bonds is 3. The third kappa shape index (κ3) is 2.86. The van der Waals surface area contributed by atoms with Gasteiger partial charge in [-0.3, -0.25) is 4.79 Å². The van der Waals surface area contributed by atoms with Crippen molar-refractivity contribution in [3.63, 3.8) is 0 Å². The molecule has 0 bridgehead atoms. The molecule has 0 saturated carbocycles. The van der Waals surface area contributed by atoms with Gasteiger partial charge in [-0.1, -0.05) is 23.7 Å². The third-order valence-corrected chi connectivity index (χ3v) is 4.14. The van der Waals surface area contributed by atoms with Crippen LogP contribution in [0.15, 0.2) is 48.5 Å². The number of aromatic nitrogens is 1. The molecule has 0 aliphatic heterocycles. The Kier molecular flexibility index (Phi) is 4.27. The lowest BCUT2D eigenvalue weighted by atomic mass is 10.2. The van der Waals surface area contributed by atoms with Gasteiger partial charge in [-0.25, -0.2) is 4.79 Å². The van der Waals surface area contributed by atoms with Crippen LogP contribution in [0.25, 0.3) is 10.9 Å². The summed E-state index contributed by atoms with van der Waals surface area (Å²) in [5.41, 5.74) is 2.23. The number of carbonyl (C=O) groups is 2. The third-order valence-electron chi connectivity index (χ3n) is 3.81. The zero-order valence-corrected chi connectivity index (χ0v) is 13.9. The van der Waals surface area contributed by atoms with Gasteiger partial charge in [-0.2, -0.15) is 0 Å². The van der Waals surface area contributed by atoms with Crippen molar-refractivity contribution in [2.45, 2.75) is 0 Å². The summed E-state index contributed by atoms with van der Waals surface area (Å²) in [5, 5.41) is 4.20. The molecule has 1 amide bonds. The lowest BCUT2D eigenvalue weighted by Crippen LogP contribution is -2.15. The number of ether oxygens (including phenoxy) is 1. The molecule has 122 valence electrons. The van der Waals surface area contributed by atoms with Crippen molar-refractivity contribution in [3.05, 3.63) is 64.8 Å². The van der Waals surface area contributed by atoms with Gasteiger partial charge in [0.25, 0.3) is 5.91 Å². The van der Waals surface area contributed by atoms with Gasteiger partial charge in [0.15, 0.2) is 0 Å². The van der Waals surface area contributed by atoms with Crippen molar-refractivity contribution in [1.29, 1.82) is 0 Å². The number of methoxy groups -OCH3 is 1. The molecular formula is C18H15ClN2O3.